The molecule has 1 aromatic carbocycles. The zero-order valence-electron chi connectivity index (χ0n) is 13.0. The van der Waals surface area contributed by atoms with Gasteiger partial charge in [0.05, 0.1) is 6.61 Å². The van der Waals surface area contributed by atoms with Crippen molar-refractivity contribution in [3.05, 3.63) is 29.6 Å². The molecule has 1 aliphatic heterocycles. The quantitative estimate of drug-likeness (QED) is 0.906. The summed E-state index contributed by atoms with van der Waals surface area (Å²) in [7, 11) is 0. The van der Waals surface area contributed by atoms with E-state index in [0.717, 1.165) is 19.7 Å². The van der Waals surface area contributed by atoms with Crippen molar-refractivity contribution < 1.29 is 13.9 Å². The third-order valence-electron chi connectivity index (χ3n) is 3.79. The third kappa shape index (κ3) is 4.40. The van der Waals surface area contributed by atoms with E-state index in [1.54, 1.807) is 6.07 Å². The summed E-state index contributed by atoms with van der Waals surface area (Å²) in [5.74, 6) is 0.339. The maximum Gasteiger partial charge on any atom is 0.124 e. The van der Waals surface area contributed by atoms with Crippen molar-refractivity contribution in [2.75, 3.05) is 26.3 Å². The number of hydrogen-bond acceptors (Lipinski definition) is 4. The lowest BCUT2D eigenvalue weighted by atomic mass is 10.1. The van der Waals surface area contributed by atoms with Crippen molar-refractivity contribution in [2.45, 2.75) is 39.0 Å². The van der Waals surface area contributed by atoms with Gasteiger partial charge >= 0.3 is 0 Å². The second kappa shape index (κ2) is 7.20. The first-order chi connectivity index (χ1) is 9.97. The average Bonchev–Trinajstić information content (AvgIpc) is 2.46. The highest BCUT2D eigenvalue weighted by molar-refractivity contribution is 5.36. The largest absolute Gasteiger partial charge is 0.490 e. The summed E-state index contributed by atoms with van der Waals surface area (Å²) in [6.07, 6.45) is 0.0344. The van der Waals surface area contributed by atoms with E-state index in [4.69, 9.17) is 15.2 Å². The zero-order chi connectivity index (χ0) is 15.4. The molecule has 2 N–H and O–H groups in total. The van der Waals surface area contributed by atoms with Gasteiger partial charge in [0, 0.05) is 30.7 Å². The molecule has 0 aromatic heterocycles. The van der Waals surface area contributed by atoms with Crippen molar-refractivity contribution in [2.24, 2.45) is 5.73 Å². The van der Waals surface area contributed by atoms with E-state index < -0.39 is 0 Å². The number of ether oxygens (including phenoxy) is 2. The molecule has 1 aliphatic rings. The molecule has 1 heterocycles. The maximum absolute atomic E-state index is 13.3. The van der Waals surface area contributed by atoms with Crippen LogP contribution in [0.15, 0.2) is 18.2 Å². The van der Waals surface area contributed by atoms with Crippen LogP contribution in [0.2, 0.25) is 0 Å². The van der Waals surface area contributed by atoms with Crippen molar-refractivity contribution >= 4 is 0 Å². The minimum atomic E-state index is -0.297. The predicted molar refractivity (Wildman–Crippen MR) is 80.9 cm³/mol. The predicted octanol–water partition coefficient (Wildman–Crippen LogP) is 2.33. The van der Waals surface area contributed by atoms with Crippen LogP contribution in [0.5, 0.6) is 5.75 Å². The summed E-state index contributed by atoms with van der Waals surface area (Å²) < 4.78 is 24.9. The summed E-state index contributed by atoms with van der Waals surface area (Å²) in [6.45, 7) is 9.15. The van der Waals surface area contributed by atoms with Gasteiger partial charge in [0.25, 0.3) is 0 Å². The number of rotatable bonds is 5. The zero-order valence-corrected chi connectivity index (χ0v) is 13.0. The van der Waals surface area contributed by atoms with Gasteiger partial charge in [0.1, 0.15) is 24.3 Å². The third-order valence-corrected chi connectivity index (χ3v) is 3.79. The molecule has 1 aromatic rings. The minimum absolute atomic E-state index is 0.0344. The molecule has 1 unspecified atom stereocenters. The van der Waals surface area contributed by atoms with E-state index in [9.17, 15) is 4.39 Å². The van der Waals surface area contributed by atoms with Crippen molar-refractivity contribution in [1.82, 2.24) is 4.90 Å². The first kappa shape index (κ1) is 16.2. The molecular formula is C16H25FN2O2. The smallest absolute Gasteiger partial charge is 0.124 e. The monoisotopic (exact) mass is 296 g/mol. The van der Waals surface area contributed by atoms with Gasteiger partial charge in [-0.15, -0.1) is 0 Å². The Balaban J connectivity index is 1.96. The second-order valence-corrected chi connectivity index (χ2v) is 5.86. The van der Waals surface area contributed by atoms with Gasteiger partial charge in [-0.25, -0.2) is 4.39 Å². The van der Waals surface area contributed by atoms with Crippen LogP contribution in [0.3, 0.4) is 0 Å². The molecule has 1 fully saturated rings. The van der Waals surface area contributed by atoms with Gasteiger partial charge < -0.3 is 15.2 Å². The highest BCUT2D eigenvalue weighted by Gasteiger charge is 2.23. The Morgan fingerprint density at radius 3 is 2.86 bits per heavy atom. The molecule has 0 saturated carbocycles. The normalized spacial score (nSPS) is 21.5. The number of nitrogens with two attached hydrogens (primary N) is 1. The highest BCUT2D eigenvalue weighted by atomic mass is 19.1. The number of hydrogen-bond donors (Lipinski definition) is 1. The molecule has 1 saturated heterocycles. The molecule has 2 rings (SSSR count). The summed E-state index contributed by atoms with van der Waals surface area (Å²) in [5, 5.41) is 0. The van der Waals surface area contributed by atoms with Crippen LogP contribution in [0.25, 0.3) is 0 Å². The van der Waals surface area contributed by atoms with E-state index in [1.165, 1.54) is 12.1 Å². The first-order valence-electron chi connectivity index (χ1n) is 7.51. The van der Waals surface area contributed by atoms with Crippen molar-refractivity contribution in [3.63, 3.8) is 0 Å². The topological polar surface area (TPSA) is 47.7 Å². The fraction of sp³-hybridized carbons (Fsp3) is 0.625. The maximum atomic E-state index is 13.3. The Hall–Kier alpha value is -1.17. The van der Waals surface area contributed by atoms with Gasteiger partial charge in [-0.3, -0.25) is 4.90 Å². The number of morpholine rings is 1. The van der Waals surface area contributed by atoms with Crippen LogP contribution in [0.1, 0.15) is 32.4 Å². The van der Waals surface area contributed by atoms with Gasteiger partial charge in [0.2, 0.25) is 0 Å². The van der Waals surface area contributed by atoms with E-state index in [-0.39, 0.29) is 18.0 Å². The van der Waals surface area contributed by atoms with E-state index in [2.05, 4.69) is 18.7 Å². The number of halogens is 1. The molecule has 118 valence electrons. The Morgan fingerprint density at radius 1 is 1.43 bits per heavy atom. The lowest BCUT2D eigenvalue weighted by molar-refractivity contribution is -0.0565. The second-order valence-electron chi connectivity index (χ2n) is 5.86. The summed E-state index contributed by atoms with van der Waals surface area (Å²) in [4.78, 5) is 2.37. The van der Waals surface area contributed by atoms with Crippen LogP contribution in [-0.4, -0.2) is 43.3 Å². The lowest BCUT2D eigenvalue weighted by Gasteiger charge is -2.35. The van der Waals surface area contributed by atoms with Crippen LogP contribution in [-0.2, 0) is 4.74 Å². The van der Waals surface area contributed by atoms with Crippen LogP contribution in [0.4, 0.5) is 4.39 Å². The highest BCUT2D eigenvalue weighted by Crippen LogP contribution is 2.25. The Labute approximate surface area is 126 Å². The van der Waals surface area contributed by atoms with Crippen molar-refractivity contribution in [1.29, 1.82) is 0 Å². The Bertz CT molecular complexity index is 466. The molecule has 21 heavy (non-hydrogen) atoms. The van der Waals surface area contributed by atoms with Crippen LogP contribution >= 0.6 is 0 Å². The standard InChI is InChI=1S/C16H25FN2O2/c1-11(2)19-6-7-20-14(9-19)10-21-16-5-4-13(17)8-15(16)12(3)18/h4-5,8,11-12,14H,6-7,9-10,18H2,1-3H3/t12-,14?/m0/s1. The van der Waals surface area contributed by atoms with Gasteiger partial charge in [-0.05, 0) is 39.0 Å². The Kier molecular flexibility index (Phi) is 5.56. The molecular weight excluding hydrogens is 271 g/mol. The molecule has 0 radical (unpaired) electrons. The van der Waals surface area contributed by atoms with Crippen LogP contribution in [0, 0.1) is 5.82 Å². The summed E-state index contributed by atoms with van der Waals surface area (Å²) >= 11 is 0. The first-order valence-corrected chi connectivity index (χ1v) is 7.51. The molecule has 0 aliphatic carbocycles. The Morgan fingerprint density at radius 2 is 2.19 bits per heavy atom. The van der Waals surface area contributed by atoms with Gasteiger partial charge in [0.15, 0.2) is 0 Å². The number of nitrogens with zero attached hydrogens (tertiary/aromatic N) is 1. The van der Waals surface area contributed by atoms with Crippen molar-refractivity contribution in [3.8, 4) is 5.75 Å². The lowest BCUT2D eigenvalue weighted by Crippen LogP contribution is -2.47. The van der Waals surface area contributed by atoms with Gasteiger partial charge in [-0.2, -0.15) is 0 Å². The molecule has 4 nitrogen and oxygen atoms in total. The molecule has 0 spiro atoms. The van der Waals surface area contributed by atoms with E-state index in [1.807, 2.05) is 6.92 Å². The van der Waals surface area contributed by atoms with E-state index >= 15 is 0 Å². The molecule has 0 bridgehead atoms. The minimum Gasteiger partial charge on any atom is -0.490 e. The summed E-state index contributed by atoms with van der Waals surface area (Å²) in [5.41, 5.74) is 6.55. The molecule has 5 heteroatoms. The average molecular weight is 296 g/mol. The van der Waals surface area contributed by atoms with Crippen LogP contribution < -0.4 is 10.5 Å². The summed E-state index contributed by atoms with van der Waals surface area (Å²) in [6, 6.07) is 4.69. The molecule has 0 amide bonds. The number of benzene rings is 1. The SMILES string of the molecule is CC(C)N1CCOC(COc2ccc(F)cc2[C@H](C)N)C1. The molecule has 2 atom stereocenters. The fourth-order valence-electron chi connectivity index (χ4n) is 2.50. The van der Waals surface area contributed by atoms with E-state index in [0.29, 0.717) is 24.0 Å². The van der Waals surface area contributed by atoms with Gasteiger partial charge in [-0.1, -0.05) is 0 Å². The fourth-order valence-corrected chi connectivity index (χ4v) is 2.50.